The van der Waals surface area contributed by atoms with E-state index in [1.165, 1.54) is 0 Å². The summed E-state index contributed by atoms with van der Waals surface area (Å²) in [6.07, 6.45) is 4.14. The molecule has 4 rings (SSSR count). The molecule has 0 fully saturated rings. The number of hydrogen-bond acceptors (Lipinski definition) is 1. The Balaban J connectivity index is 1.84. The third-order valence-electron chi connectivity index (χ3n) is 4.10. The lowest BCUT2D eigenvalue weighted by Crippen LogP contribution is -2.11. The molecule has 2 heterocycles. The zero-order chi connectivity index (χ0) is 17.2. The fraction of sp³-hybridized carbons (Fsp3) is 0. The third-order valence-corrected chi connectivity index (χ3v) is 4.66. The van der Waals surface area contributed by atoms with Crippen molar-refractivity contribution in [1.29, 1.82) is 0 Å². The second-order valence-corrected chi connectivity index (χ2v) is 6.58. The van der Waals surface area contributed by atoms with Crippen molar-refractivity contribution in [3.05, 3.63) is 95.8 Å². The predicted octanol–water partition coefficient (Wildman–Crippen LogP) is 6.05. The molecule has 0 atom stereocenters. The maximum Gasteiger partial charge on any atom is 0.113 e. The minimum Gasteiger partial charge on any atom is -0.346 e. The average molecular weight is 363 g/mol. The standard InChI is InChI=1S/C21H15ClN2S/c22-16-11-9-15(10-12-16)18-14-24-13-5-4-8-19(24)20(18)21(25)23-17-6-2-1-3-7-17/h1-14H,(H,23,25). The van der Waals surface area contributed by atoms with Crippen molar-refractivity contribution in [3.63, 3.8) is 0 Å². The number of thiocarbonyl (C=S) groups is 1. The highest BCUT2D eigenvalue weighted by molar-refractivity contribution is 7.81. The summed E-state index contributed by atoms with van der Waals surface area (Å²) >= 11 is 11.8. The lowest BCUT2D eigenvalue weighted by molar-refractivity contribution is 1.20. The van der Waals surface area contributed by atoms with Crippen molar-refractivity contribution in [2.45, 2.75) is 0 Å². The van der Waals surface area contributed by atoms with Gasteiger partial charge in [-0.25, -0.2) is 0 Å². The van der Waals surface area contributed by atoms with Gasteiger partial charge in [0.2, 0.25) is 0 Å². The van der Waals surface area contributed by atoms with Gasteiger partial charge >= 0.3 is 0 Å². The molecular weight excluding hydrogens is 348 g/mol. The number of nitrogens with one attached hydrogen (secondary N) is 1. The summed E-state index contributed by atoms with van der Waals surface area (Å²) in [5.74, 6) is 0. The van der Waals surface area contributed by atoms with Crippen molar-refractivity contribution < 1.29 is 0 Å². The van der Waals surface area contributed by atoms with Crippen LogP contribution in [0.1, 0.15) is 5.56 Å². The van der Waals surface area contributed by atoms with Gasteiger partial charge in [-0.2, -0.15) is 0 Å². The molecule has 0 spiro atoms. The number of anilines is 1. The summed E-state index contributed by atoms with van der Waals surface area (Å²) in [7, 11) is 0. The van der Waals surface area contributed by atoms with E-state index in [-0.39, 0.29) is 0 Å². The van der Waals surface area contributed by atoms with Crippen molar-refractivity contribution in [2.75, 3.05) is 5.32 Å². The molecule has 0 unspecified atom stereocenters. The Morgan fingerprint density at radius 1 is 0.880 bits per heavy atom. The number of nitrogens with zero attached hydrogens (tertiary/aromatic N) is 1. The monoisotopic (exact) mass is 362 g/mol. The smallest absolute Gasteiger partial charge is 0.113 e. The SMILES string of the molecule is S=C(Nc1ccccc1)c1c(-c2ccc(Cl)cc2)cn2ccccc12. The van der Waals surface area contributed by atoms with Crippen molar-refractivity contribution in [2.24, 2.45) is 0 Å². The van der Waals surface area contributed by atoms with Gasteiger partial charge in [0.15, 0.2) is 0 Å². The van der Waals surface area contributed by atoms with Crippen LogP contribution in [0.3, 0.4) is 0 Å². The molecular formula is C21H15ClN2S. The van der Waals surface area contributed by atoms with Gasteiger partial charge in [0.1, 0.15) is 4.99 Å². The summed E-state index contributed by atoms with van der Waals surface area (Å²) in [5.41, 5.74) is 5.23. The highest BCUT2D eigenvalue weighted by Crippen LogP contribution is 2.31. The first kappa shape index (κ1) is 15.9. The Kier molecular flexibility index (Phi) is 4.26. The molecule has 0 saturated heterocycles. The van der Waals surface area contributed by atoms with Crippen LogP contribution in [0.4, 0.5) is 5.69 Å². The molecule has 0 aliphatic carbocycles. The van der Waals surface area contributed by atoms with Crippen LogP contribution in [0.25, 0.3) is 16.6 Å². The molecule has 2 nitrogen and oxygen atoms in total. The molecule has 0 radical (unpaired) electrons. The summed E-state index contributed by atoms with van der Waals surface area (Å²) < 4.78 is 2.10. The summed E-state index contributed by atoms with van der Waals surface area (Å²) in [4.78, 5) is 0.699. The zero-order valence-corrected chi connectivity index (χ0v) is 14.9. The summed E-state index contributed by atoms with van der Waals surface area (Å²) in [6.45, 7) is 0. The Bertz CT molecular complexity index is 1040. The van der Waals surface area contributed by atoms with Gasteiger partial charge in [-0.05, 0) is 42.0 Å². The quantitative estimate of drug-likeness (QED) is 0.447. The number of aromatic nitrogens is 1. The first-order valence-corrected chi connectivity index (χ1v) is 8.73. The molecule has 0 aliphatic heterocycles. The molecule has 0 bridgehead atoms. The predicted molar refractivity (Wildman–Crippen MR) is 110 cm³/mol. The van der Waals surface area contributed by atoms with Crippen LogP contribution in [0.2, 0.25) is 5.02 Å². The number of rotatable bonds is 3. The molecule has 122 valence electrons. The fourth-order valence-corrected chi connectivity index (χ4v) is 3.38. The van der Waals surface area contributed by atoms with Crippen LogP contribution in [0.5, 0.6) is 0 Å². The van der Waals surface area contributed by atoms with E-state index in [1.54, 1.807) is 0 Å². The lowest BCUT2D eigenvalue weighted by atomic mass is 10.0. The number of fused-ring (bicyclic) bond motifs is 1. The fourth-order valence-electron chi connectivity index (χ4n) is 2.92. The Labute approximate surface area is 156 Å². The Hall–Kier alpha value is -2.62. The highest BCUT2D eigenvalue weighted by atomic mass is 35.5. The molecule has 0 aliphatic rings. The summed E-state index contributed by atoms with van der Waals surface area (Å²) in [6, 6.07) is 23.9. The van der Waals surface area contributed by atoms with E-state index >= 15 is 0 Å². The van der Waals surface area contributed by atoms with Gasteiger partial charge in [0.05, 0.1) is 5.52 Å². The normalized spacial score (nSPS) is 10.8. The van der Waals surface area contributed by atoms with Gasteiger partial charge in [-0.15, -0.1) is 0 Å². The topological polar surface area (TPSA) is 16.4 Å². The molecule has 2 aromatic carbocycles. The van der Waals surface area contributed by atoms with Gasteiger partial charge in [0.25, 0.3) is 0 Å². The first-order chi connectivity index (χ1) is 12.2. The minimum absolute atomic E-state index is 0.699. The molecule has 25 heavy (non-hydrogen) atoms. The lowest BCUT2D eigenvalue weighted by Gasteiger charge is -2.10. The average Bonchev–Trinajstić information content (AvgIpc) is 3.03. The zero-order valence-electron chi connectivity index (χ0n) is 13.3. The maximum atomic E-state index is 6.04. The Morgan fingerprint density at radius 2 is 1.60 bits per heavy atom. The maximum absolute atomic E-state index is 6.04. The first-order valence-electron chi connectivity index (χ1n) is 7.94. The van der Waals surface area contributed by atoms with Crippen LogP contribution in [-0.4, -0.2) is 9.39 Å². The summed E-state index contributed by atoms with van der Waals surface area (Å²) in [5, 5.41) is 4.07. The number of hydrogen-bond donors (Lipinski definition) is 1. The van der Waals surface area contributed by atoms with E-state index < -0.39 is 0 Å². The van der Waals surface area contributed by atoms with Gasteiger partial charge in [-0.1, -0.05) is 60.2 Å². The Morgan fingerprint density at radius 3 is 2.36 bits per heavy atom. The third kappa shape index (κ3) is 3.16. The van der Waals surface area contributed by atoms with Gasteiger partial charge in [0, 0.05) is 34.2 Å². The molecule has 2 aromatic heterocycles. The van der Waals surface area contributed by atoms with E-state index in [0.29, 0.717) is 4.99 Å². The molecule has 4 aromatic rings. The molecule has 1 N–H and O–H groups in total. The second kappa shape index (κ2) is 6.71. The van der Waals surface area contributed by atoms with E-state index in [0.717, 1.165) is 32.9 Å². The van der Waals surface area contributed by atoms with Crippen molar-refractivity contribution >= 4 is 40.0 Å². The number of para-hydroxylation sites is 1. The van der Waals surface area contributed by atoms with Crippen molar-refractivity contribution in [1.82, 2.24) is 4.40 Å². The van der Waals surface area contributed by atoms with Crippen LogP contribution in [0.15, 0.2) is 85.2 Å². The van der Waals surface area contributed by atoms with E-state index in [9.17, 15) is 0 Å². The minimum atomic E-state index is 0.699. The van der Waals surface area contributed by atoms with Crippen LogP contribution in [0, 0.1) is 0 Å². The molecule has 0 saturated carbocycles. The highest BCUT2D eigenvalue weighted by Gasteiger charge is 2.16. The molecule has 4 heteroatoms. The number of benzene rings is 2. The van der Waals surface area contributed by atoms with Gasteiger partial charge < -0.3 is 9.72 Å². The van der Waals surface area contributed by atoms with E-state index in [1.807, 2.05) is 72.9 Å². The van der Waals surface area contributed by atoms with Crippen LogP contribution < -0.4 is 5.32 Å². The second-order valence-electron chi connectivity index (χ2n) is 5.74. The van der Waals surface area contributed by atoms with E-state index in [4.69, 9.17) is 23.8 Å². The largest absolute Gasteiger partial charge is 0.346 e. The van der Waals surface area contributed by atoms with Gasteiger partial charge in [-0.3, -0.25) is 0 Å². The number of halogens is 1. The van der Waals surface area contributed by atoms with Crippen LogP contribution in [-0.2, 0) is 0 Å². The van der Waals surface area contributed by atoms with Crippen LogP contribution >= 0.6 is 23.8 Å². The van der Waals surface area contributed by atoms with Crippen molar-refractivity contribution in [3.8, 4) is 11.1 Å². The molecule has 0 amide bonds. The van der Waals surface area contributed by atoms with E-state index in [2.05, 4.69) is 22.0 Å². The number of pyridine rings is 1.